The van der Waals surface area contributed by atoms with Crippen molar-refractivity contribution >= 4 is 15.7 Å². The van der Waals surface area contributed by atoms with E-state index < -0.39 is 26.7 Å². The molecule has 1 atom stereocenters. The van der Waals surface area contributed by atoms with Crippen LogP contribution in [0.25, 0.3) is 0 Å². The molecule has 0 bridgehead atoms. The number of benzene rings is 1. The van der Waals surface area contributed by atoms with Crippen LogP contribution in [0.1, 0.15) is 25.3 Å². The molecule has 0 aliphatic carbocycles. The summed E-state index contributed by atoms with van der Waals surface area (Å²) in [4.78, 5) is 9.82. The van der Waals surface area contributed by atoms with Crippen LogP contribution >= 0.6 is 0 Å². The van der Waals surface area contributed by atoms with Gasteiger partial charge >= 0.3 is 0 Å². The Kier molecular flexibility index (Phi) is 5.19. The first-order valence-electron chi connectivity index (χ1n) is 5.99. The van der Waals surface area contributed by atoms with Crippen molar-refractivity contribution in [3.8, 4) is 6.07 Å². The van der Waals surface area contributed by atoms with Gasteiger partial charge in [0.1, 0.15) is 6.04 Å². The molecule has 20 heavy (non-hydrogen) atoms. The van der Waals surface area contributed by atoms with Crippen LogP contribution in [0.2, 0.25) is 0 Å². The van der Waals surface area contributed by atoms with E-state index in [2.05, 4.69) is 4.72 Å². The van der Waals surface area contributed by atoms with Gasteiger partial charge in [0.15, 0.2) is 4.90 Å². The molecule has 8 heteroatoms. The number of nitro benzene ring substituents is 1. The fourth-order valence-corrected chi connectivity index (χ4v) is 3.39. The third kappa shape index (κ3) is 3.53. The van der Waals surface area contributed by atoms with Crippen LogP contribution in [-0.4, -0.2) is 19.4 Å². The first kappa shape index (κ1) is 16.1. The Morgan fingerprint density at radius 3 is 2.65 bits per heavy atom. The normalized spacial score (nSPS) is 12.7. The fourth-order valence-electron chi connectivity index (χ4n) is 1.82. The van der Waals surface area contributed by atoms with E-state index in [4.69, 9.17) is 5.26 Å². The number of nitro groups is 1. The molecule has 1 unspecified atom stereocenters. The third-order valence-electron chi connectivity index (χ3n) is 2.69. The van der Waals surface area contributed by atoms with Crippen molar-refractivity contribution in [2.75, 3.05) is 0 Å². The standard InChI is InChI=1S/C12H15N3O4S/c1-3-5-10(8-13)14-20(18,19)12-9(2)6-4-7-11(12)15(16)17/h4,6-7,10,14H,3,5H2,1-2H3. The topological polar surface area (TPSA) is 113 Å². The summed E-state index contributed by atoms with van der Waals surface area (Å²) in [5.74, 6) is 0. The molecule has 0 fully saturated rings. The minimum atomic E-state index is -4.11. The van der Waals surface area contributed by atoms with Crippen molar-refractivity contribution in [2.24, 2.45) is 0 Å². The van der Waals surface area contributed by atoms with Gasteiger partial charge in [-0.1, -0.05) is 25.5 Å². The molecule has 0 aliphatic rings. The summed E-state index contributed by atoms with van der Waals surface area (Å²) in [7, 11) is -4.11. The second-order valence-electron chi connectivity index (χ2n) is 4.27. The van der Waals surface area contributed by atoms with E-state index in [0.717, 1.165) is 6.07 Å². The number of hydrogen-bond donors (Lipinski definition) is 1. The van der Waals surface area contributed by atoms with Gasteiger partial charge < -0.3 is 0 Å². The molecule has 7 nitrogen and oxygen atoms in total. The lowest BCUT2D eigenvalue weighted by Crippen LogP contribution is -2.34. The maximum atomic E-state index is 12.3. The van der Waals surface area contributed by atoms with Crippen LogP contribution in [0.4, 0.5) is 5.69 Å². The average Bonchev–Trinajstić information content (AvgIpc) is 2.37. The van der Waals surface area contributed by atoms with E-state index in [9.17, 15) is 18.5 Å². The summed E-state index contributed by atoms with van der Waals surface area (Å²) in [6.07, 6.45) is 0.964. The van der Waals surface area contributed by atoms with Crippen LogP contribution in [0.3, 0.4) is 0 Å². The van der Waals surface area contributed by atoms with Crippen molar-refractivity contribution in [1.82, 2.24) is 4.72 Å². The molecule has 0 spiro atoms. The van der Waals surface area contributed by atoms with Crippen molar-refractivity contribution in [2.45, 2.75) is 37.6 Å². The minimum Gasteiger partial charge on any atom is -0.258 e. The fraction of sp³-hybridized carbons (Fsp3) is 0.417. The number of sulfonamides is 1. The van der Waals surface area contributed by atoms with Gasteiger partial charge in [-0.05, 0) is 18.9 Å². The van der Waals surface area contributed by atoms with E-state index in [-0.39, 0.29) is 10.5 Å². The van der Waals surface area contributed by atoms with Gasteiger partial charge in [-0.3, -0.25) is 10.1 Å². The molecule has 0 amide bonds. The van der Waals surface area contributed by atoms with E-state index in [1.165, 1.54) is 19.1 Å². The van der Waals surface area contributed by atoms with Gasteiger partial charge in [0.25, 0.3) is 5.69 Å². The van der Waals surface area contributed by atoms with E-state index in [1.54, 1.807) is 0 Å². The Morgan fingerprint density at radius 2 is 2.15 bits per heavy atom. The van der Waals surface area contributed by atoms with E-state index in [1.807, 2.05) is 13.0 Å². The van der Waals surface area contributed by atoms with Gasteiger partial charge in [-0.15, -0.1) is 0 Å². The van der Waals surface area contributed by atoms with E-state index in [0.29, 0.717) is 12.8 Å². The molecule has 108 valence electrons. The van der Waals surface area contributed by atoms with Crippen LogP contribution in [0.5, 0.6) is 0 Å². The number of nitrogens with one attached hydrogen (secondary N) is 1. The lowest BCUT2D eigenvalue weighted by atomic mass is 10.2. The van der Waals surface area contributed by atoms with Crippen molar-refractivity contribution in [1.29, 1.82) is 5.26 Å². The Balaban J connectivity index is 3.29. The summed E-state index contributed by atoms with van der Waals surface area (Å²) >= 11 is 0. The molecule has 1 rings (SSSR count). The molecular weight excluding hydrogens is 282 g/mol. The van der Waals surface area contributed by atoms with Crippen molar-refractivity contribution < 1.29 is 13.3 Å². The zero-order chi connectivity index (χ0) is 15.3. The predicted octanol–water partition coefficient (Wildman–Crippen LogP) is 1.87. The summed E-state index contributed by atoms with van der Waals surface area (Å²) in [6, 6.07) is 4.96. The Bertz CT molecular complexity index is 649. The highest BCUT2D eigenvalue weighted by atomic mass is 32.2. The lowest BCUT2D eigenvalue weighted by Gasteiger charge is -2.13. The summed E-state index contributed by atoms with van der Waals surface area (Å²) in [6.45, 7) is 3.29. The van der Waals surface area contributed by atoms with Crippen LogP contribution < -0.4 is 4.72 Å². The van der Waals surface area contributed by atoms with Crippen molar-refractivity contribution in [3.05, 3.63) is 33.9 Å². The molecule has 0 heterocycles. The summed E-state index contributed by atoms with van der Waals surface area (Å²) in [5.41, 5.74) is -0.231. The average molecular weight is 297 g/mol. The summed E-state index contributed by atoms with van der Waals surface area (Å²) in [5, 5.41) is 19.9. The molecule has 1 N–H and O–H groups in total. The minimum absolute atomic E-state index is 0.264. The van der Waals surface area contributed by atoms with Gasteiger partial charge in [0.05, 0.1) is 11.0 Å². The number of nitrogens with zero attached hydrogens (tertiary/aromatic N) is 2. The second-order valence-corrected chi connectivity index (χ2v) is 5.92. The zero-order valence-corrected chi connectivity index (χ0v) is 12.0. The molecule has 0 aromatic heterocycles. The highest BCUT2D eigenvalue weighted by molar-refractivity contribution is 7.89. The van der Waals surface area contributed by atoms with E-state index >= 15 is 0 Å². The van der Waals surface area contributed by atoms with Gasteiger partial charge in [0, 0.05) is 6.07 Å². The number of rotatable bonds is 6. The first-order valence-corrected chi connectivity index (χ1v) is 7.47. The molecule has 0 saturated carbocycles. The summed E-state index contributed by atoms with van der Waals surface area (Å²) < 4.78 is 26.7. The predicted molar refractivity (Wildman–Crippen MR) is 72.5 cm³/mol. The molecule has 1 aromatic carbocycles. The van der Waals surface area contributed by atoms with Crippen molar-refractivity contribution in [3.63, 3.8) is 0 Å². The lowest BCUT2D eigenvalue weighted by molar-refractivity contribution is -0.387. The quantitative estimate of drug-likeness (QED) is 0.636. The number of nitriles is 1. The maximum absolute atomic E-state index is 12.3. The van der Waals surface area contributed by atoms with Crippen LogP contribution in [-0.2, 0) is 10.0 Å². The molecule has 0 saturated heterocycles. The van der Waals surface area contributed by atoms with Crippen LogP contribution in [0.15, 0.2) is 23.1 Å². The highest BCUT2D eigenvalue weighted by Crippen LogP contribution is 2.27. The van der Waals surface area contributed by atoms with Gasteiger partial charge in [0.2, 0.25) is 10.0 Å². The Hall–Kier alpha value is -1.98. The smallest absolute Gasteiger partial charge is 0.258 e. The molecular formula is C12H15N3O4S. The number of hydrogen-bond acceptors (Lipinski definition) is 5. The maximum Gasteiger partial charge on any atom is 0.289 e. The largest absolute Gasteiger partial charge is 0.289 e. The molecule has 1 aromatic rings. The molecule has 0 aliphatic heterocycles. The highest BCUT2D eigenvalue weighted by Gasteiger charge is 2.29. The van der Waals surface area contributed by atoms with Crippen LogP contribution in [0, 0.1) is 28.4 Å². The third-order valence-corrected chi connectivity index (χ3v) is 4.35. The SMILES string of the molecule is CCCC(C#N)NS(=O)(=O)c1c(C)cccc1[N+](=O)[O-]. The zero-order valence-electron chi connectivity index (χ0n) is 11.2. The second kappa shape index (κ2) is 6.45. The number of aryl methyl sites for hydroxylation is 1. The van der Waals surface area contributed by atoms with Gasteiger partial charge in [-0.25, -0.2) is 8.42 Å². The monoisotopic (exact) mass is 297 g/mol. The molecule has 0 radical (unpaired) electrons. The first-order chi connectivity index (χ1) is 9.33. The Morgan fingerprint density at radius 1 is 1.50 bits per heavy atom. The Labute approximate surface area is 117 Å². The van der Waals surface area contributed by atoms with Gasteiger partial charge in [-0.2, -0.15) is 9.98 Å².